The second-order valence-corrected chi connectivity index (χ2v) is 9.13. The van der Waals surface area contributed by atoms with Crippen LogP contribution in [0.5, 0.6) is 11.5 Å². The summed E-state index contributed by atoms with van der Waals surface area (Å²) in [4.78, 5) is 13.1. The number of anilines is 1. The second kappa shape index (κ2) is 8.42. The van der Waals surface area contributed by atoms with E-state index in [1.54, 1.807) is 24.9 Å². The van der Waals surface area contributed by atoms with Crippen molar-refractivity contribution >= 4 is 33.4 Å². The average molecular weight is 458 g/mol. The molecule has 12 heteroatoms. The van der Waals surface area contributed by atoms with Crippen LogP contribution in [0.1, 0.15) is 23.7 Å². The van der Waals surface area contributed by atoms with Gasteiger partial charge in [0.15, 0.2) is 0 Å². The molecule has 2 heterocycles. The first kappa shape index (κ1) is 22.3. The summed E-state index contributed by atoms with van der Waals surface area (Å²) >= 11 is 6.11. The summed E-state index contributed by atoms with van der Waals surface area (Å²) in [5, 5.41) is 7.32. The van der Waals surface area contributed by atoms with Crippen LogP contribution < -0.4 is 19.5 Å². The third-order valence-corrected chi connectivity index (χ3v) is 6.92. The molecule has 164 valence electrons. The Bertz CT molecular complexity index is 1070. The predicted octanol–water partition coefficient (Wildman–Crippen LogP) is 1.62. The number of carbonyl (C=O) groups excluding carboxylic acids is 1. The van der Waals surface area contributed by atoms with E-state index >= 15 is 0 Å². The molecule has 0 radical (unpaired) electrons. The first-order valence-corrected chi connectivity index (χ1v) is 10.9. The molecular formula is C18H24ClN5O5S. The Kier molecular flexibility index (Phi) is 6.27. The largest absolute Gasteiger partial charge is 0.495 e. The number of benzene rings is 1. The third kappa shape index (κ3) is 4.24. The molecule has 0 spiro atoms. The molecule has 30 heavy (non-hydrogen) atoms. The number of methoxy groups -OCH3 is 2. The number of aryl methyl sites for hydroxylation is 2. The third-order valence-electron chi connectivity index (χ3n) is 5.03. The first-order chi connectivity index (χ1) is 14.1. The standard InChI is InChI=1S/C18H24ClN5O5S/c1-10-11(9-23(2)21-10)13-7-15(24(3)30(26,27)22-13)18(25)20-14-8-16(28-4)12(19)6-17(14)29-5/h6,8-9,13,15,22H,7H2,1-5H3,(H,20,25)/t13-,15-/m0/s1. The van der Waals surface area contributed by atoms with Crippen LogP contribution in [0.15, 0.2) is 18.3 Å². The van der Waals surface area contributed by atoms with Crippen molar-refractivity contribution < 1.29 is 22.7 Å². The van der Waals surface area contributed by atoms with E-state index in [9.17, 15) is 13.2 Å². The number of likely N-dealkylation sites (N-methyl/N-ethyl adjacent to an activating group) is 1. The number of ether oxygens (including phenoxy) is 2. The number of aromatic nitrogens is 2. The zero-order valence-electron chi connectivity index (χ0n) is 17.3. The first-order valence-electron chi connectivity index (χ1n) is 9.05. The maximum absolute atomic E-state index is 13.1. The Morgan fingerprint density at radius 3 is 2.50 bits per heavy atom. The van der Waals surface area contributed by atoms with Gasteiger partial charge in [0.25, 0.3) is 10.2 Å². The van der Waals surface area contributed by atoms with Gasteiger partial charge < -0.3 is 14.8 Å². The van der Waals surface area contributed by atoms with Crippen molar-refractivity contribution in [1.29, 1.82) is 0 Å². The average Bonchev–Trinajstić information content (AvgIpc) is 3.02. The number of hydrogen-bond acceptors (Lipinski definition) is 6. The fraction of sp³-hybridized carbons (Fsp3) is 0.444. The molecule has 1 amide bonds. The van der Waals surface area contributed by atoms with Gasteiger partial charge in [-0.3, -0.25) is 9.48 Å². The molecule has 10 nitrogen and oxygen atoms in total. The van der Waals surface area contributed by atoms with Crippen LogP contribution in [0.4, 0.5) is 5.69 Å². The molecule has 2 N–H and O–H groups in total. The van der Waals surface area contributed by atoms with E-state index in [0.29, 0.717) is 27.9 Å². The molecule has 1 aromatic heterocycles. The van der Waals surface area contributed by atoms with Gasteiger partial charge in [-0.15, -0.1) is 0 Å². The lowest BCUT2D eigenvalue weighted by atomic mass is 10.00. The summed E-state index contributed by atoms with van der Waals surface area (Å²) in [6.45, 7) is 1.79. The number of amides is 1. The van der Waals surface area contributed by atoms with Crippen molar-refractivity contribution in [1.82, 2.24) is 18.8 Å². The highest BCUT2D eigenvalue weighted by atomic mass is 35.5. The normalized spacial score (nSPS) is 21.3. The molecule has 1 aromatic carbocycles. The van der Waals surface area contributed by atoms with Gasteiger partial charge in [-0.05, 0) is 13.3 Å². The Balaban J connectivity index is 1.91. The van der Waals surface area contributed by atoms with Gasteiger partial charge in [-0.25, -0.2) is 0 Å². The molecule has 0 saturated carbocycles. The highest BCUT2D eigenvalue weighted by Crippen LogP contribution is 2.37. The summed E-state index contributed by atoms with van der Waals surface area (Å²) in [5.74, 6) is 0.174. The Morgan fingerprint density at radius 2 is 1.93 bits per heavy atom. The van der Waals surface area contributed by atoms with Crippen molar-refractivity contribution in [3.05, 3.63) is 34.6 Å². The molecule has 3 rings (SSSR count). The fourth-order valence-corrected chi connectivity index (χ4v) is 4.94. The molecule has 1 saturated heterocycles. The predicted molar refractivity (Wildman–Crippen MR) is 112 cm³/mol. The number of nitrogens with one attached hydrogen (secondary N) is 2. The number of carbonyl (C=O) groups is 1. The smallest absolute Gasteiger partial charge is 0.280 e. The lowest BCUT2D eigenvalue weighted by Crippen LogP contribution is -2.56. The van der Waals surface area contributed by atoms with Crippen LogP contribution in [0, 0.1) is 6.92 Å². The van der Waals surface area contributed by atoms with E-state index in [1.165, 1.54) is 33.4 Å². The van der Waals surface area contributed by atoms with Gasteiger partial charge in [0.2, 0.25) is 5.91 Å². The molecule has 2 atom stereocenters. The van der Waals surface area contributed by atoms with Gasteiger partial charge in [-0.2, -0.15) is 22.5 Å². The maximum Gasteiger partial charge on any atom is 0.280 e. The Labute approximate surface area is 180 Å². The lowest BCUT2D eigenvalue weighted by Gasteiger charge is -2.36. The summed E-state index contributed by atoms with van der Waals surface area (Å²) < 4.78 is 41.0. The second-order valence-electron chi connectivity index (χ2n) is 6.96. The van der Waals surface area contributed by atoms with Gasteiger partial charge in [0, 0.05) is 38.0 Å². The van der Waals surface area contributed by atoms with Gasteiger partial charge in [0.1, 0.15) is 17.5 Å². The Hall–Kier alpha value is -2.34. The summed E-state index contributed by atoms with van der Waals surface area (Å²) in [6.07, 6.45) is 1.97. The zero-order valence-corrected chi connectivity index (χ0v) is 18.8. The molecule has 0 unspecified atom stereocenters. The van der Waals surface area contributed by atoms with Crippen LogP contribution in [-0.2, 0) is 22.1 Å². The molecule has 1 fully saturated rings. The minimum atomic E-state index is -3.88. The summed E-state index contributed by atoms with van der Waals surface area (Å²) in [5.41, 5.74) is 1.73. The highest BCUT2D eigenvalue weighted by molar-refractivity contribution is 7.87. The Morgan fingerprint density at radius 1 is 1.27 bits per heavy atom. The number of nitrogens with zero attached hydrogens (tertiary/aromatic N) is 3. The lowest BCUT2D eigenvalue weighted by molar-refractivity contribution is -0.120. The van der Waals surface area contributed by atoms with Gasteiger partial charge in [-0.1, -0.05) is 11.6 Å². The highest BCUT2D eigenvalue weighted by Gasteiger charge is 2.41. The quantitative estimate of drug-likeness (QED) is 0.705. The van der Waals surface area contributed by atoms with E-state index < -0.39 is 28.2 Å². The van der Waals surface area contributed by atoms with Gasteiger partial charge in [0.05, 0.1) is 36.7 Å². The molecule has 0 aliphatic carbocycles. The van der Waals surface area contributed by atoms with Crippen LogP contribution in [0.25, 0.3) is 0 Å². The minimum Gasteiger partial charge on any atom is -0.495 e. The van der Waals surface area contributed by atoms with Crippen LogP contribution >= 0.6 is 11.6 Å². The molecule has 0 bridgehead atoms. The summed E-state index contributed by atoms with van der Waals surface area (Å²) in [6, 6.07) is 1.50. The maximum atomic E-state index is 13.1. The van der Waals surface area contributed by atoms with E-state index in [2.05, 4.69) is 15.1 Å². The zero-order chi connectivity index (χ0) is 22.2. The SMILES string of the molecule is COc1cc(NC(=O)[C@@H]2C[C@@H](c3cn(C)nc3C)NS(=O)(=O)N2C)c(OC)cc1Cl. The molecule has 1 aliphatic rings. The van der Waals surface area contributed by atoms with Crippen molar-refractivity contribution in [2.45, 2.75) is 25.4 Å². The minimum absolute atomic E-state index is 0.223. The number of hydrogen-bond donors (Lipinski definition) is 2. The van der Waals surface area contributed by atoms with Gasteiger partial charge >= 0.3 is 0 Å². The van der Waals surface area contributed by atoms with Crippen LogP contribution in [0.2, 0.25) is 5.02 Å². The van der Waals surface area contributed by atoms with Crippen molar-refractivity contribution in [3.8, 4) is 11.5 Å². The van der Waals surface area contributed by atoms with E-state index in [-0.39, 0.29) is 6.42 Å². The van der Waals surface area contributed by atoms with Crippen molar-refractivity contribution in [3.63, 3.8) is 0 Å². The monoisotopic (exact) mass is 457 g/mol. The van der Waals surface area contributed by atoms with Crippen molar-refractivity contribution in [2.24, 2.45) is 7.05 Å². The molecule has 2 aromatic rings. The fourth-order valence-electron chi connectivity index (χ4n) is 3.45. The van der Waals surface area contributed by atoms with Crippen LogP contribution in [0.3, 0.4) is 0 Å². The topological polar surface area (TPSA) is 115 Å². The van der Waals surface area contributed by atoms with Crippen molar-refractivity contribution in [2.75, 3.05) is 26.6 Å². The van der Waals surface area contributed by atoms with Crippen LogP contribution in [-0.4, -0.2) is 55.7 Å². The molecular weight excluding hydrogens is 434 g/mol. The van der Waals surface area contributed by atoms with E-state index in [0.717, 1.165) is 9.87 Å². The number of rotatable bonds is 5. The van der Waals surface area contributed by atoms with E-state index in [1.807, 2.05) is 0 Å². The number of halogens is 1. The van der Waals surface area contributed by atoms with E-state index in [4.69, 9.17) is 21.1 Å². The summed E-state index contributed by atoms with van der Waals surface area (Å²) in [7, 11) is 2.13. The molecule has 1 aliphatic heterocycles.